The smallest absolute Gasteiger partial charge is 0.160 e. The first-order chi connectivity index (χ1) is 16.7. The molecular weight excluding hydrogens is 414 g/mol. The van der Waals surface area contributed by atoms with E-state index in [1.165, 1.54) is 43.9 Å². The summed E-state index contributed by atoms with van der Waals surface area (Å²) in [6.45, 7) is 4.47. The molecule has 0 aliphatic rings. The van der Waals surface area contributed by atoms with Gasteiger partial charge in [-0.2, -0.15) is 0 Å². The first-order valence-electron chi connectivity index (χ1n) is 11.7. The first-order valence-corrected chi connectivity index (χ1v) is 11.7. The van der Waals surface area contributed by atoms with Gasteiger partial charge >= 0.3 is 0 Å². The van der Waals surface area contributed by atoms with Gasteiger partial charge in [-0.1, -0.05) is 78.9 Å². The van der Waals surface area contributed by atoms with Crippen molar-refractivity contribution in [2.75, 3.05) is 0 Å². The second-order valence-electron chi connectivity index (χ2n) is 9.03. The number of hydrogen-bond acceptors (Lipinski definition) is 1. The van der Waals surface area contributed by atoms with E-state index in [2.05, 4.69) is 122 Å². The SMILES string of the molecule is Cc1ccccc1-c1c(C)c2c3ccccc3n(-c3ccccc3)c2c2oc3ccccc3c12. The van der Waals surface area contributed by atoms with Crippen molar-refractivity contribution in [2.24, 2.45) is 0 Å². The number of nitrogens with zero attached hydrogens (tertiary/aromatic N) is 1. The van der Waals surface area contributed by atoms with Crippen LogP contribution < -0.4 is 0 Å². The van der Waals surface area contributed by atoms with E-state index in [0.717, 1.165) is 27.8 Å². The summed E-state index contributed by atoms with van der Waals surface area (Å²) in [5.41, 5.74) is 10.4. The van der Waals surface area contributed by atoms with Crippen molar-refractivity contribution in [3.05, 3.63) is 114 Å². The maximum Gasteiger partial charge on any atom is 0.160 e. The standard InChI is InChI=1S/C32H23NO/c1-20-12-6-7-15-23(20)28-21(2)29-24-16-8-10-18-26(24)33(22-13-4-3-5-14-22)31(29)32-30(28)25-17-9-11-19-27(25)34-32/h3-19H,1-2H3. The lowest BCUT2D eigenvalue weighted by Crippen LogP contribution is -1.95. The van der Waals surface area contributed by atoms with Crippen LogP contribution in [-0.4, -0.2) is 4.57 Å². The van der Waals surface area contributed by atoms with Crippen LogP contribution in [0.15, 0.2) is 108 Å². The average Bonchev–Trinajstić information content (AvgIpc) is 3.42. The van der Waals surface area contributed by atoms with Gasteiger partial charge in [0.15, 0.2) is 5.58 Å². The highest BCUT2D eigenvalue weighted by atomic mass is 16.3. The Labute approximate surface area is 197 Å². The van der Waals surface area contributed by atoms with Crippen molar-refractivity contribution in [2.45, 2.75) is 13.8 Å². The summed E-state index contributed by atoms with van der Waals surface area (Å²) in [5, 5.41) is 4.85. The molecule has 34 heavy (non-hydrogen) atoms. The van der Waals surface area contributed by atoms with Crippen molar-refractivity contribution in [1.82, 2.24) is 4.57 Å². The molecule has 2 heteroatoms. The van der Waals surface area contributed by atoms with E-state index in [1.807, 2.05) is 0 Å². The summed E-state index contributed by atoms with van der Waals surface area (Å²) >= 11 is 0. The largest absolute Gasteiger partial charge is 0.454 e. The summed E-state index contributed by atoms with van der Waals surface area (Å²) in [6.07, 6.45) is 0. The van der Waals surface area contributed by atoms with Gasteiger partial charge in [0.25, 0.3) is 0 Å². The topological polar surface area (TPSA) is 18.1 Å². The molecule has 0 saturated carbocycles. The van der Waals surface area contributed by atoms with Crippen LogP contribution in [0.2, 0.25) is 0 Å². The Morgan fingerprint density at radius 1 is 0.618 bits per heavy atom. The predicted molar refractivity (Wildman–Crippen MR) is 143 cm³/mol. The zero-order chi connectivity index (χ0) is 22.8. The molecule has 0 radical (unpaired) electrons. The van der Waals surface area contributed by atoms with Crippen molar-refractivity contribution in [1.29, 1.82) is 0 Å². The molecule has 162 valence electrons. The van der Waals surface area contributed by atoms with E-state index in [0.29, 0.717) is 0 Å². The van der Waals surface area contributed by atoms with E-state index in [4.69, 9.17) is 4.42 Å². The number of para-hydroxylation sites is 3. The van der Waals surface area contributed by atoms with Crippen LogP contribution in [0.3, 0.4) is 0 Å². The minimum Gasteiger partial charge on any atom is -0.454 e. The van der Waals surface area contributed by atoms with Gasteiger partial charge in [0.1, 0.15) is 5.58 Å². The van der Waals surface area contributed by atoms with E-state index in [1.54, 1.807) is 0 Å². The Morgan fingerprint density at radius 3 is 2.12 bits per heavy atom. The fourth-order valence-electron chi connectivity index (χ4n) is 5.64. The third-order valence-corrected chi connectivity index (χ3v) is 7.11. The Hall–Kier alpha value is -4.30. The molecule has 0 aliphatic heterocycles. The first kappa shape index (κ1) is 19.2. The molecule has 0 amide bonds. The molecule has 0 bridgehead atoms. The fourth-order valence-corrected chi connectivity index (χ4v) is 5.64. The molecule has 7 aromatic rings. The number of aryl methyl sites for hydroxylation is 2. The lowest BCUT2D eigenvalue weighted by Gasteiger charge is -2.14. The van der Waals surface area contributed by atoms with Gasteiger partial charge in [-0.05, 0) is 60.4 Å². The van der Waals surface area contributed by atoms with Gasteiger partial charge in [-0.3, -0.25) is 0 Å². The molecule has 2 aromatic heterocycles. The highest BCUT2D eigenvalue weighted by Gasteiger charge is 2.25. The average molecular weight is 438 g/mol. The van der Waals surface area contributed by atoms with Gasteiger partial charge in [-0.15, -0.1) is 0 Å². The predicted octanol–water partition coefficient (Wildman–Crippen LogP) is 8.97. The van der Waals surface area contributed by atoms with Crippen LogP contribution in [0.5, 0.6) is 0 Å². The lowest BCUT2D eigenvalue weighted by molar-refractivity contribution is 0.671. The summed E-state index contributed by atoms with van der Waals surface area (Å²) in [4.78, 5) is 0. The molecule has 5 aromatic carbocycles. The minimum atomic E-state index is 0.920. The summed E-state index contributed by atoms with van der Waals surface area (Å²) < 4.78 is 9.06. The Balaban J connectivity index is 1.83. The van der Waals surface area contributed by atoms with Crippen LogP contribution in [0.25, 0.3) is 60.6 Å². The van der Waals surface area contributed by atoms with Crippen molar-refractivity contribution >= 4 is 43.7 Å². The van der Waals surface area contributed by atoms with Gasteiger partial charge in [0.05, 0.1) is 11.0 Å². The second kappa shape index (κ2) is 7.10. The van der Waals surface area contributed by atoms with E-state index < -0.39 is 0 Å². The number of benzene rings is 5. The number of rotatable bonds is 2. The fraction of sp³-hybridized carbons (Fsp3) is 0.0625. The quantitative estimate of drug-likeness (QED) is 0.264. The lowest BCUT2D eigenvalue weighted by atomic mass is 9.89. The summed E-state index contributed by atoms with van der Waals surface area (Å²) in [5.74, 6) is 0. The highest BCUT2D eigenvalue weighted by molar-refractivity contribution is 6.27. The monoisotopic (exact) mass is 437 g/mol. The minimum absolute atomic E-state index is 0.920. The Morgan fingerprint density at radius 2 is 1.29 bits per heavy atom. The van der Waals surface area contributed by atoms with Gasteiger partial charge < -0.3 is 8.98 Å². The van der Waals surface area contributed by atoms with Crippen LogP contribution in [0, 0.1) is 13.8 Å². The zero-order valence-corrected chi connectivity index (χ0v) is 19.2. The molecule has 7 rings (SSSR count). The zero-order valence-electron chi connectivity index (χ0n) is 19.2. The molecule has 2 nitrogen and oxygen atoms in total. The maximum absolute atomic E-state index is 6.69. The highest BCUT2D eigenvalue weighted by Crippen LogP contribution is 2.47. The molecule has 2 heterocycles. The number of fused-ring (bicyclic) bond motifs is 7. The van der Waals surface area contributed by atoms with Crippen LogP contribution >= 0.6 is 0 Å². The van der Waals surface area contributed by atoms with Crippen molar-refractivity contribution < 1.29 is 4.42 Å². The van der Waals surface area contributed by atoms with Crippen molar-refractivity contribution in [3.63, 3.8) is 0 Å². The molecule has 0 saturated heterocycles. The Bertz CT molecular complexity index is 1870. The number of furan rings is 1. The molecule has 0 atom stereocenters. The molecule has 0 fully saturated rings. The van der Waals surface area contributed by atoms with Crippen LogP contribution in [-0.2, 0) is 0 Å². The normalized spacial score (nSPS) is 11.8. The van der Waals surface area contributed by atoms with E-state index >= 15 is 0 Å². The molecule has 0 unspecified atom stereocenters. The number of aromatic nitrogens is 1. The van der Waals surface area contributed by atoms with Gasteiger partial charge in [-0.25, -0.2) is 0 Å². The molecule has 0 aliphatic carbocycles. The van der Waals surface area contributed by atoms with E-state index in [9.17, 15) is 0 Å². The van der Waals surface area contributed by atoms with Crippen molar-refractivity contribution in [3.8, 4) is 16.8 Å². The summed E-state index contributed by atoms with van der Waals surface area (Å²) in [6, 6.07) is 36.4. The Kier molecular flexibility index (Phi) is 4.01. The van der Waals surface area contributed by atoms with E-state index in [-0.39, 0.29) is 0 Å². The third kappa shape index (κ3) is 2.51. The summed E-state index contributed by atoms with van der Waals surface area (Å²) in [7, 11) is 0. The number of hydrogen-bond donors (Lipinski definition) is 0. The maximum atomic E-state index is 6.69. The second-order valence-corrected chi connectivity index (χ2v) is 9.03. The van der Waals surface area contributed by atoms with Crippen LogP contribution in [0.4, 0.5) is 0 Å². The van der Waals surface area contributed by atoms with Gasteiger partial charge in [0.2, 0.25) is 0 Å². The third-order valence-electron chi connectivity index (χ3n) is 7.11. The molecule has 0 N–H and O–H groups in total. The molecular formula is C32H23NO. The van der Waals surface area contributed by atoms with Gasteiger partial charge in [0, 0.05) is 27.2 Å². The van der Waals surface area contributed by atoms with Crippen LogP contribution in [0.1, 0.15) is 11.1 Å². The molecule has 0 spiro atoms.